The van der Waals surface area contributed by atoms with Crippen molar-refractivity contribution in [2.75, 3.05) is 36.0 Å². The normalized spacial score (nSPS) is 14.6. The van der Waals surface area contributed by atoms with E-state index in [9.17, 15) is 4.39 Å². The molecule has 1 aromatic carbocycles. The number of fused-ring (bicyclic) bond motifs is 1. The molecule has 0 N–H and O–H groups in total. The molecule has 8 nitrogen and oxygen atoms in total. The van der Waals surface area contributed by atoms with Crippen LogP contribution in [0.15, 0.2) is 48.8 Å². The van der Waals surface area contributed by atoms with E-state index in [-0.39, 0.29) is 5.82 Å². The zero-order chi connectivity index (χ0) is 19.8. The summed E-state index contributed by atoms with van der Waals surface area (Å²) in [5, 5.41) is 17.0. The summed E-state index contributed by atoms with van der Waals surface area (Å²) in [4.78, 5) is 8.95. The van der Waals surface area contributed by atoms with Crippen LogP contribution in [0.5, 0.6) is 0 Å². The molecule has 5 rings (SSSR count). The Morgan fingerprint density at radius 3 is 2.48 bits per heavy atom. The van der Waals surface area contributed by atoms with E-state index in [1.165, 1.54) is 12.1 Å². The molecule has 146 valence electrons. The Balaban J connectivity index is 1.41. The topological polar surface area (TPSA) is 75.3 Å². The lowest BCUT2D eigenvalue weighted by atomic mass is 10.2. The Morgan fingerprint density at radius 1 is 0.897 bits per heavy atom. The van der Waals surface area contributed by atoms with E-state index in [4.69, 9.17) is 0 Å². The molecule has 1 fully saturated rings. The molecule has 4 aromatic rings. The van der Waals surface area contributed by atoms with E-state index < -0.39 is 0 Å². The van der Waals surface area contributed by atoms with Crippen molar-refractivity contribution in [3.63, 3.8) is 0 Å². The van der Waals surface area contributed by atoms with Gasteiger partial charge >= 0.3 is 0 Å². The van der Waals surface area contributed by atoms with E-state index in [0.717, 1.165) is 43.5 Å². The van der Waals surface area contributed by atoms with Crippen LogP contribution < -0.4 is 9.80 Å². The first kappa shape index (κ1) is 17.5. The van der Waals surface area contributed by atoms with Gasteiger partial charge in [0, 0.05) is 44.1 Å². The van der Waals surface area contributed by atoms with Crippen LogP contribution in [0, 0.1) is 12.7 Å². The SMILES string of the molecule is Cc1ccc(N2CCN(c3nccn4c(-c5cccc(F)c5)nnc34)CC2)nn1. The van der Waals surface area contributed by atoms with Gasteiger partial charge in [0.1, 0.15) is 5.82 Å². The molecule has 1 aliphatic heterocycles. The number of aryl methyl sites for hydroxylation is 1. The number of aromatic nitrogens is 6. The van der Waals surface area contributed by atoms with Crippen LogP contribution in [0.25, 0.3) is 17.0 Å². The van der Waals surface area contributed by atoms with Gasteiger partial charge in [0.2, 0.25) is 5.65 Å². The summed E-state index contributed by atoms with van der Waals surface area (Å²) < 4.78 is 15.5. The second-order valence-electron chi connectivity index (χ2n) is 6.99. The third kappa shape index (κ3) is 3.24. The maximum absolute atomic E-state index is 13.6. The Kier molecular flexibility index (Phi) is 4.27. The van der Waals surface area contributed by atoms with Crippen LogP contribution in [-0.4, -0.2) is 56.0 Å². The lowest BCUT2D eigenvalue weighted by Gasteiger charge is -2.35. The molecule has 0 unspecified atom stereocenters. The van der Waals surface area contributed by atoms with Crippen molar-refractivity contribution in [2.45, 2.75) is 6.92 Å². The van der Waals surface area contributed by atoms with Crippen molar-refractivity contribution in [1.82, 2.24) is 29.8 Å². The lowest BCUT2D eigenvalue weighted by molar-refractivity contribution is 0.628. The summed E-state index contributed by atoms with van der Waals surface area (Å²) in [6.45, 7) is 5.11. The molecule has 1 aliphatic rings. The molecule has 9 heteroatoms. The molecule has 4 heterocycles. The van der Waals surface area contributed by atoms with Gasteiger partial charge in [-0.1, -0.05) is 12.1 Å². The van der Waals surface area contributed by atoms with Crippen LogP contribution >= 0.6 is 0 Å². The fourth-order valence-corrected chi connectivity index (χ4v) is 3.57. The highest BCUT2D eigenvalue weighted by molar-refractivity contribution is 5.69. The molecule has 0 aliphatic carbocycles. The van der Waals surface area contributed by atoms with Crippen molar-refractivity contribution in [2.24, 2.45) is 0 Å². The average Bonchev–Trinajstić information content (AvgIpc) is 3.19. The highest BCUT2D eigenvalue weighted by Gasteiger charge is 2.23. The number of piperazine rings is 1. The second-order valence-corrected chi connectivity index (χ2v) is 6.99. The molecule has 0 radical (unpaired) electrons. The standard InChI is InChI=1S/C20H19FN8/c1-14-5-6-17(24-23-14)27-9-11-28(12-10-27)19-20-26-25-18(29(20)8-7-22-19)15-3-2-4-16(21)13-15/h2-8,13H,9-12H2,1H3. The van der Waals surface area contributed by atoms with Crippen LogP contribution in [0.4, 0.5) is 16.0 Å². The average molecular weight is 390 g/mol. The number of hydrogen-bond donors (Lipinski definition) is 0. The molecule has 0 atom stereocenters. The molecule has 0 amide bonds. The van der Waals surface area contributed by atoms with Gasteiger partial charge in [0.25, 0.3) is 0 Å². The smallest absolute Gasteiger partial charge is 0.204 e. The molecule has 1 saturated heterocycles. The van der Waals surface area contributed by atoms with Crippen LogP contribution in [0.3, 0.4) is 0 Å². The summed E-state index contributed by atoms with van der Waals surface area (Å²) >= 11 is 0. The first-order valence-electron chi connectivity index (χ1n) is 9.45. The molecule has 29 heavy (non-hydrogen) atoms. The van der Waals surface area contributed by atoms with Gasteiger partial charge in [-0.3, -0.25) is 4.40 Å². The second kappa shape index (κ2) is 7.08. The third-order valence-corrected chi connectivity index (χ3v) is 5.08. The zero-order valence-electron chi connectivity index (χ0n) is 15.9. The number of nitrogens with zero attached hydrogens (tertiary/aromatic N) is 8. The monoisotopic (exact) mass is 390 g/mol. The van der Waals surface area contributed by atoms with Crippen LogP contribution in [-0.2, 0) is 0 Å². The maximum Gasteiger partial charge on any atom is 0.204 e. The highest BCUT2D eigenvalue weighted by Crippen LogP contribution is 2.25. The number of benzene rings is 1. The highest BCUT2D eigenvalue weighted by atomic mass is 19.1. The van der Waals surface area contributed by atoms with Gasteiger partial charge in [0.15, 0.2) is 17.5 Å². The van der Waals surface area contributed by atoms with E-state index in [1.807, 2.05) is 29.5 Å². The number of halogens is 1. The van der Waals surface area contributed by atoms with Crippen molar-refractivity contribution < 1.29 is 4.39 Å². The Labute approximate surface area is 166 Å². The minimum Gasteiger partial charge on any atom is -0.352 e. The predicted octanol–water partition coefficient (Wildman–Crippen LogP) is 2.36. The first-order chi connectivity index (χ1) is 14.2. The van der Waals surface area contributed by atoms with Gasteiger partial charge in [-0.05, 0) is 31.2 Å². The minimum absolute atomic E-state index is 0.302. The van der Waals surface area contributed by atoms with Crippen LogP contribution in [0.2, 0.25) is 0 Å². The fourth-order valence-electron chi connectivity index (χ4n) is 3.57. The van der Waals surface area contributed by atoms with E-state index in [0.29, 0.717) is 17.0 Å². The molecular weight excluding hydrogens is 371 g/mol. The van der Waals surface area contributed by atoms with Crippen molar-refractivity contribution in [3.8, 4) is 11.4 Å². The summed E-state index contributed by atoms with van der Waals surface area (Å²) in [5.74, 6) is 1.95. The van der Waals surface area contributed by atoms with Crippen LogP contribution in [0.1, 0.15) is 5.69 Å². The predicted molar refractivity (Wildman–Crippen MR) is 107 cm³/mol. The van der Waals surface area contributed by atoms with Gasteiger partial charge in [-0.15, -0.1) is 15.3 Å². The Bertz CT molecular complexity index is 1150. The van der Waals surface area contributed by atoms with E-state index in [1.54, 1.807) is 18.5 Å². The number of hydrogen-bond acceptors (Lipinski definition) is 7. The quantitative estimate of drug-likeness (QED) is 0.532. The molecule has 0 bridgehead atoms. The van der Waals surface area contributed by atoms with E-state index >= 15 is 0 Å². The van der Waals surface area contributed by atoms with Gasteiger partial charge < -0.3 is 9.80 Å². The molecular formula is C20H19FN8. The summed E-state index contributed by atoms with van der Waals surface area (Å²) in [6.07, 6.45) is 3.53. The fraction of sp³-hybridized carbons (Fsp3) is 0.250. The van der Waals surface area contributed by atoms with Gasteiger partial charge in [-0.2, -0.15) is 5.10 Å². The van der Waals surface area contributed by atoms with Crippen molar-refractivity contribution >= 4 is 17.3 Å². The van der Waals surface area contributed by atoms with Crippen molar-refractivity contribution in [1.29, 1.82) is 0 Å². The summed E-state index contributed by atoms with van der Waals surface area (Å²) in [5.41, 5.74) is 2.25. The molecule has 0 spiro atoms. The largest absolute Gasteiger partial charge is 0.352 e. The Morgan fingerprint density at radius 2 is 1.72 bits per heavy atom. The summed E-state index contributed by atoms with van der Waals surface area (Å²) in [6, 6.07) is 10.3. The van der Waals surface area contributed by atoms with E-state index in [2.05, 4.69) is 35.2 Å². The minimum atomic E-state index is -0.302. The number of anilines is 2. The zero-order valence-corrected chi connectivity index (χ0v) is 15.9. The first-order valence-corrected chi connectivity index (χ1v) is 9.45. The molecule has 0 saturated carbocycles. The lowest BCUT2D eigenvalue weighted by Crippen LogP contribution is -2.47. The summed E-state index contributed by atoms with van der Waals surface area (Å²) in [7, 11) is 0. The Hall–Kier alpha value is -3.62. The maximum atomic E-state index is 13.6. The van der Waals surface area contributed by atoms with Crippen molar-refractivity contribution in [3.05, 3.63) is 60.3 Å². The van der Waals surface area contributed by atoms with Gasteiger partial charge in [-0.25, -0.2) is 9.37 Å². The third-order valence-electron chi connectivity index (χ3n) is 5.08. The molecule has 3 aromatic heterocycles. The van der Waals surface area contributed by atoms with Gasteiger partial charge in [0.05, 0.1) is 5.69 Å². The number of rotatable bonds is 3.